The van der Waals surface area contributed by atoms with Crippen LogP contribution in [0.15, 0.2) is 63.2 Å². The predicted octanol–water partition coefficient (Wildman–Crippen LogP) is 5.10. The van der Waals surface area contributed by atoms with Crippen molar-refractivity contribution in [1.82, 2.24) is 9.55 Å². The second-order valence-corrected chi connectivity index (χ2v) is 10.5. The number of fused-ring (bicyclic) bond motifs is 2. The monoisotopic (exact) mass is 453 g/mol. The maximum atomic E-state index is 13.3. The fourth-order valence-corrected chi connectivity index (χ4v) is 6.50. The number of hydrogen-bond acceptors (Lipinski definition) is 6. The zero-order chi connectivity index (χ0) is 20.7. The molecule has 8 heteroatoms. The van der Waals surface area contributed by atoms with Crippen LogP contribution in [0.4, 0.5) is 5.69 Å². The van der Waals surface area contributed by atoms with Gasteiger partial charge in [-0.3, -0.25) is 14.2 Å². The number of benzene rings is 1. The Morgan fingerprint density at radius 2 is 2.07 bits per heavy atom. The average Bonchev–Trinajstić information content (AvgIpc) is 3.38. The van der Waals surface area contributed by atoms with Crippen molar-refractivity contribution in [2.75, 3.05) is 11.4 Å². The lowest BCUT2D eigenvalue weighted by Gasteiger charge is -2.22. The van der Waals surface area contributed by atoms with Gasteiger partial charge in [-0.15, -0.1) is 34.4 Å². The lowest BCUT2D eigenvalue weighted by atomic mass is 10.2. The molecule has 5 nitrogen and oxygen atoms in total. The van der Waals surface area contributed by atoms with Crippen LogP contribution >= 0.6 is 34.4 Å². The first-order valence-electron chi connectivity index (χ1n) is 9.68. The van der Waals surface area contributed by atoms with Gasteiger partial charge < -0.3 is 4.90 Å². The molecule has 0 aliphatic carbocycles. The molecule has 0 radical (unpaired) electrons. The Labute approximate surface area is 186 Å². The van der Waals surface area contributed by atoms with Gasteiger partial charge in [-0.2, -0.15) is 0 Å². The van der Waals surface area contributed by atoms with Gasteiger partial charge in [0, 0.05) is 32.5 Å². The number of thioether (sulfide) groups is 1. The molecule has 1 aliphatic rings. The fourth-order valence-electron chi connectivity index (χ4n) is 3.67. The molecule has 1 aromatic carbocycles. The third-order valence-electron chi connectivity index (χ3n) is 5.20. The molecule has 0 fully saturated rings. The summed E-state index contributed by atoms with van der Waals surface area (Å²) >= 11 is 4.85. The van der Waals surface area contributed by atoms with E-state index in [1.165, 1.54) is 22.2 Å². The van der Waals surface area contributed by atoms with Gasteiger partial charge >= 0.3 is 0 Å². The molecule has 30 heavy (non-hydrogen) atoms. The molecule has 152 valence electrons. The zero-order valence-electron chi connectivity index (χ0n) is 16.3. The van der Waals surface area contributed by atoms with E-state index in [2.05, 4.69) is 18.0 Å². The van der Waals surface area contributed by atoms with Gasteiger partial charge in [-0.25, -0.2) is 4.98 Å². The second kappa shape index (κ2) is 8.02. The van der Waals surface area contributed by atoms with Crippen molar-refractivity contribution < 1.29 is 4.79 Å². The Hall–Kier alpha value is -2.42. The van der Waals surface area contributed by atoms with Gasteiger partial charge in [0.05, 0.1) is 17.4 Å². The number of carbonyl (C=O) groups is 1. The molecule has 4 aromatic rings. The highest BCUT2D eigenvalue weighted by atomic mass is 32.2. The maximum absolute atomic E-state index is 13.3. The van der Waals surface area contributed by atoms with Crippen molar-refractivity contribution in [1.29, 1.82) is 0 Å². The van der Waals surface area contributed by atoms with Gasteiger partial charge in [-0.05, 0) is 30.0 Å². The van der Waals surface area contributed by atoms with E-state index in [9.17, 15) is 9.59 Å². The Morgan fingerprint density at radius 1 is 1.20 bits per heavy atom. The number of thiophene rings is 2. The van der Waals surface area contributed by atoms with Crippen molar-refractivity contribution in [3.63, 3.8) is 0 Å². The highest BCUT2D eigenvalue weighted by Gasteiger charge is 2.25. The van der Waals surface area contributed by atoms with Crippen LogP contribution in [0.5, 0.6) is 0 Å². The number of rotatable bonds is 3. The quantitative estimate of drug-likeness (QED) is 0.433. The van der Waals surface area contributed by atoms with Gasteiger partial charge in [0.15, 0.2) is 0 Å². The number of para-hydroxylation sites is 1. The lowest BCUT2D eigenvalue weighted by molar-refractivity contribution is -0.119. The fraction of sp³-hybridized carbons (Fsp3) is 0.227. The van der Waals surface area contributed by atoms with Gasteiger partial charge in [0.2, 0.25) is 5.91 Å². The number of hydrogen-bond donors (Lipinski definition) is 0. The van der Waals surface area contributed by atoms with E-state index < -0.39 is 0 Å². The first-order valence-corrected chi connectivity index (χ1v) is 12.3. The number of aromatic nitrogens is 2. The van der Waals surface area contributed by atoms with Gasteiger partial charge in [0.1, 0.15) is 11.4 Å². The molecule has 4 heterocycles. The summed E-state index contributed by atoms with van der Waals surface area (Å²) in [4.78, 5) is 35.6. The molecular formula is C22H19N3O2S3. The second-order valence-electron chi connectivity index (χ2n) is 7.21. The van der Waals surface area contributed by atoms with E-state index in [4.69, 9.17) is 0 Å². The number of amides is 1. The largest absolute Gasteiger partial charge is 0.310 e. The molecule has 1 unspecified atom stereocenters. The molecular weight excluding hydrogens is 434 g/mol. The van der Waals surface area contributed by atoms with Crippen molar-refractivity contribution in [3.8, 4) is 10.4 Å². The zero-order valence-corrected chi connectivity index (χ0v) is 18.7. The molecule has 1 amide bonds. The molecule has 3 aromatic heterocycles. The Kier molecular flexibility index (Phi) is 5.22. The van der Waals surface area contributed by atoms with Crippen LogP contribution in [-0.4, -0.2) is 27.3 Å². The summed E-state index contributed by atoms with van der Waals surface area (Å²) in [6.07, 6.45) is 2.41. The van der Waals surface area contributed by atoms with Crippen LogP contribution in [0.25, 0.3) is 20.7 Å². The molecule has 0 saturated heterocycles. The summed E-state index contributed by atoms with van der Waals surface area (Å²) < 4.78 is 1.44. The molecule has 1 atom stereocenters. The van der Waals surface area contributed by atoms with Crippen LogP contribution in [0.2, 0.25) is 0 Å². The third kappa shape index (κ3) is 3.49. The van der Waals surface area contributed by atoms with E-state index in [1.54, 1.807) is 23.1 Å². The summed E-state index contributed by atoms with van der Waals surface area (Å²) in [5, 5.41) is 5.00. The smallest absolute Gasteiger partial charge is 0.263 e. The standard InChI is InChI=1S/C22H19N3O2S3/c1-14-8-9-25(16-5-2-3-6-18(16)30-14)19(26)11-24-13-23-21-20(22(24)27)15(12-29-21)17-7-4-10-28-17/h2-7,10,12-14H,8-9,11H2,1H3. The average molecular weight is 454 g/mol. The van der Waals surface area contributed by atoms with Crippen molar-refractivity contribution >= 4 is 56.2 Å². The summed E-state index contributed by atoms with van der Waals surface area (Å²) in [6.45, 7) is 2.81. The number of nitrogens with zero attached hydrogens (tertiary/aromatic N) is 3. The molecule has 0 saturated carbocycles. The summed E-state index contributed by atoms with van der Waals surface area (Å²) in [5.41, 5.74) is 1.66. The molecule has 5 rings (SSSR count). The Balaban J connectivity index is 1.50. The van der Waals surface area contributed by atoms with E-state index in [-0.39, 0.29) is 18.0 Å². The van der Waals surface area contributed by atoms with Crippen molar-refractivity contribution in [2.45, 2.75) is 30.0 Å². The van der Waals surface area contributed by atoms with Crippen LogP contribution in [-0.2, 0) is 11.3 Å². The molecule has 0 N–H and O–H groups in total. The number of anilines is 1. The van der Waals surface area contributed by atoms with Crippen LogP contribution in [0.3, 0.4) is 0 Å². The summed E-state index contributed by atoms with van der Waals surface area (Å²) in [5.74, 6) is -0.0895. The minimum absolute atomic E-state index is 0.0190. The minimum atomic E-state index is -0.163. The first kappa shape index (κ1) is 19.5. The summed E-state index contributed by atoms with van der Waals surface area (Å²) in [7, 11) is 0. The van der Waals surface area contributed by atoms with Gasteiger partial charge in [-0.1, -0.05) is 25.1 Å². The van der Waals surface area contributed by atoms with E-state index in [0.29, 0.717) is 22.0 Å². The van der Waals surface area contributed by atoms with Crippen LogP contribution in [0, 0.1) is 0 Å². The van der Waals surface area contributed by atoms with Crippen molar-refractivity contribution in [3.05, 3.63) is 63.8 Å². The SMILES string of the molecule is CC1CCN(C(=O)Cn2cnc3scc(-c4cccs4)c3c2=O)c2ccccc2S1. The normalized spacial score (nSPS) is 16.4. The predicted molar refractivity (Wildman–Crippen MR) is 126 cm³/mol. The molecule has 0 spiro atoms. The van der Waals surface area contributed by atoms with E-state index >= 15 is 0 Å². The Morgan fingerprint density at radius 3 is 2.90 bits per heavy atom. The van der Waals surface area contributed by atoms with E-state index in [1.807, 2.05) is 46.0 Å². The first-order chi connectivity index (χ1) is 14.6. The van der Waals surface area contributed by atoms with Crippen molar-refractivity contribution in [2.24, 2.45) is 0 Å². The summed E-state index contributed by atoms with van der Waals surface area (Å²) in [6, 6.07) is 12.0. The maximum Gasteiger partial charge on any atom is 0.263 e. The van der Waals surface area contributed by atoms with Crippen LogP contribution in [0.1, 0.15) is 13.3 Å². The molecule has 1 aliphatic heterocycles. The minimum Gasteiger partial charge on any atom is -0.310 e. The highest BCUT2D eigenvalue weighted by molar-refractivity contribution is 8.00. The van der Waals surface area contributed by atoms with Gasteiger partial charge in [0.25, 0.3) is 5.56 Å². The topological polar surface area (TPSA) is 55.2 Å². The lowest BCUT2D eigenvalue weighted by Crippen LogP contribution is -2.37. The highest BCUT2D eigenvalue weighted by Crippen LogP contribution is 2.37. The molecule has 0 bridgehead atoms. The van der Waals surface area contributed by atoms with E-state index in [0.717, 1.165) is 27.4 Å². The third-order valence-corrected chi connectivity index (χ3v) is 8.22. The number of carbonyl (C=O) groups excluding carboxylic acids is 1. The Bertz CT molecular complexity index is 1280. The van der Waals surface area contributed by atoms with Crippen LogP contribution < -0.4 is 10.5 Å².